The van der Waals surface area contributed by atoms with E-state index in [1.54, 1.807) is 26.0 Å². The molecule has 7 nitrogen and oxygen atoms in total. The Hall–Kier alpha value is -3.09. The first kappa shape index (κ1) is 23.2. The summed E-state index contributed by atoms with van der Waals surface area (Å²) in [5.41, 5.74) is 2.17. The maximum Gasteiger partial charge on any atom is 0.338 e. The first-order valence-electron chi connectivity index (χ1n) is 9.82. The lowest BCUT2D eigenvalue weighted by Gasteiger charge is -2.15. The van der Waals surface area contributed by atoms with Crippen LogP contribution < -0.4 is 9.47 Å². The fourth-order valence-electron chi connectivity index (χ4n) is 3.18. The maximum atomic E-state index is 12.8. The molecule has 1 aromatic heterocycles. The van der Waals surface area contributed by atoms with E-state index in [0.717, 1.165) is 0 Å². The number of esters is 1. The van der Waals surface area contributed by atoms with Gasteiger partial charge in [-0.25, -0.2) is 4.79 Å². The second-order valence-electron chi connectivity index (χ2n) is 7.66. The molecule has 1 N–H and O–H groups in total. The van der Waals surface area contributed by atoms with Crippen molar-refractivity contribution < 1.29 is 28.6 Å². The van der Waals surface area contributed by atoms with Crippen molar-refractivity contribution >= 4 is 17.5 Å². The summed E-state index contributed by atoms with van der Waals surface area (Å²) < 4.78 is 16.4. The molecule has 2 rings (SSSR count). The minimum atomic E-state index is -1.03. The molecule has 162 valence electrons. The number of aromatic amines is 1. The Labute approximate surface area is 176 Å². The van der Waals surface area contributed by atoms with Gasteiger partial charge in [0.05, 0.1) is 25.0 Å². The number of ketones is 2. The molecule has 0 aliphatic rings. The van der Waals surface area contributed by atoms with Crippen molar-refractivity contribution in [2.24, 2.45) is 5.92 Å². The quantitative estimate of drug-likeness (QED) is 0.484. The van der Waals surface area contributed by atoms with E-state index in [0.29, 0.717) is 40.8 Å². The third kappa shape index (κ3) is 5.09. The van der Waals surface area contributed by atoms with E-state index in [4.69, 9.17) is 14.2 Å². The van der Waals surface area contributed by atoms with Gasteiger partial charge in [0, 0.05) is 11.3 Å². The summed E-state index contributed by atoms with van der Waals surface area (Å²) in [5, 5.41) is 0. The Morgan fingerprint density at radius 1 is 1.07 bits per heavy atom. The van der Waals surface area contributed by atoms with Crippen LogP contribution in [0.25, 0.3) is 0 Å². The van der Waals surface area contributed by atoms with Gasteiger partial charge in [-0.05, 0) is 57.4 Å². The average molecular weight is 415 g/mol. The normalized spacial score (nSPS) is 11.9. The Bertz CT molecular complexity index is 957. The van der Waals surface area contributed by atoms with E-state index in [9.17, 15) is 14.4 Å². The second kappa shape index (κ2) is 9.61. The molecular weight excluding hydrogens is 386 g/mol. The SMILES string of the molecule is COc1cc(C(=O)O[C@H](C)C(=O)c2[nH]c(C)c(C(C)=O)c2C)ccc1OCC(C)C. The molecule has 0 unspecified atom stereocenters. The minimum absolute atomic E-state index is 0.128. The second-order valence-corrected chi connectivity index (χ2v) is 7.66. The molecule has 0 saturated carbocycles. The lowest BCUT2D eigenvalue weighted by molar-refractivity contribution is 0.0316. The molecule has 0 saturated heterocycles. The number of methoxy groups -OCH3 is 1. The summed E-state index contributed by atoms with van der Waals surface area (Å²) in [7, 11) is 1.49. The number of aryl methyl sites for hydroxylation is 1. The van der Waals surface area contributed by atoms with Gasteiger partial charge in [0.1, 0.15) is 0 Å². The van der Waals surface area contributed by atoms with Crippen LogP contribution in [0.1, 0.15) is 70.2 Å². The number of H-pyrrole nitrogens is 1. The Kier molecular flexibility index (Phi) is 7.43. The third-order valence-electron chi connectivity index (χ3n) is 4.66. The van der Waals surface area contributed by atoms with E-state index in [1.165, 1.54) is 27.0 Å². The monoisotopic (exact) mass is 415 g/mol. The van der Waals surface area contributed by atoms with Crippen LogP contribution in [-0.4, -0.2) is 42.3 Å². The number of carbonyl (C=O) groups excluding carboxylic acids is 3. The Morgan fingerprint density at radius 2 is 1.73 bits per heavy atom. The number of hydrogen-bond acceptors (Lipinski definition) is 6. The number of Topliss-reactive ketones (excluding diaryl/α,β-unsaturated/α-hetero) is 2. The molecule has 0 radical (unpaired) electrons. The summed E-state index contributed by atoms with van der Waals surface area (Å²) in [5.74, 6) is 0.0938. The number of rotatable bonds is 9. The van der Waals surface area contributed by atoms with Crippen molar-refractivity contribution in [2.75, 3.05) is 13.7 Å². The first-order valence-corrected chi connectivity index (χ1v) is 9.82. The highest BCUT2D eigenvalue weighted by Crippen LogP contribution is 2.29. The van der Waals surface area contributed by atoms with Crippen molar-refractivity contribution in [3.63, 3.8) is 0 Å². The molecule has 1 atom stereocenters. The molecule has 0 bridgehead atoms. The highest BCUT2D eigenvalue weighted by Gasteiger charge is 2.26. The highest BCUT2D eigenvalue weighted by molar-refractivity contribution is 6.05. The van der Waals surface area contributed by atoms with E-state index in [-0.39, 0.29) is 17.0 Å². The van der Waals surface area contributed by atoms with Crippen LogP contribution in [0, 0.1) is 19.8 Å². The maximum absolute atomic E-state index is 12.8. The van der Waals surface area contributed by atoms with Crippen molar-refractivity contribution in [1.82, 2.24) is 4.98 Å². The zero-order chi connectivity index (χ0) is 22.6. The molecule has 0 aliphatic carbocycles. The third-order valence-corrected chi connectivity index (χ3v) is 4.66. The van der Waals surface area contributed by atoms with Gasteiger partial charge in [0.15, 0.2) is 23.4 Å². The lowest BCUT2D eigenvalue weighted by atomic mass is 10.0. The van der Waals surface area contributed by atoms with E-state index < -0.39 is 17.9 Å². The molecule has 1 aromatic carbocycles. The van der Waals surface area contributed by atoms with Gasteiger partial charge in [-0.1, -0.05) is 13.8 Å². The summed E-state index contributed by atoms with van der Waals surface area (Å²) >= 11 is 0. The molecule has 0 fully saturated rings. The molecule has 7 heteroatoms. The number of nitrogens with one attached hydrogen (secondary N) is 1. The number of carbonyl (C=O) groups is 3. The fraction of sp³-hybridized carbons (Fsp3) is 0.435. The van der Waals surface area contributed by atoms with Gasteiger partial charge in [-0.3, -0.25) is 9.59 Å². The predicted molar refractivity (Wildman–Crippen MR) is 113 cm³/mol. The van der Waals surface area contributed by atoms with Gasteiger partial charge in [-0.2, -0.15) is 0 Å². The van der Waals surface area contributed by atoms with Crippen molar-refractivity contribution in [2.45, 2.75) is 47.6 Å². The largest absolute Gasteiger partial charge is 0.493 e. The van der Waals surface area contributed by atoms with E-state index in [1.807, 2.05) is 13.8 Å². The summed E-state index contributed by atoms with van der Waals surface area (Å²) in [6, 6.07) is 4.73. The number of hydrogen-bond donors (Lipinski definition) is 1. The first-order chi connectivity index (χ1) is 14.1. The van der Waals surface area contributed by atoms with Crippen LogP contribution in [-0.2, 0) is 4.74 Å². The molecule has 0 spiro atoms. The molecular formula is C23H29NO6. The van der Waals surface area contributed by atoms with Crippen molar-refractivity contribution in [1.29, 1.82) is 0 Å². The van der Waals surface area contributed by atoms with Crippen LogP contribution in [0.5, 0.6) is 11.5 Å². The predicted octanol–water partition coefficient (Wildman–Crippen LogP) is 4.31. The number of ether oxygens (including phenoxy) is 3. The standard InChI is InChI=1S/C23H29NO6/c1-12(2)11-29-18-9-8-17(10-19(18)28-7)23(27)30-16(6)22(26)21-13(3)20(15(5)25)14(4)24-21/h8-10,12,16,24H,11H2,1-7H3/t16-/m1/s1. The van der Waals surface area contributed by atoms with Crippen LogP contribution in [0.2, 0.25) is 0 Å². The minimum Gasteiger partial charge on any atom is -0.493 e. The lowest BCUT2D eigenvalue weighted by Crippen LogP contribution is -2.25. The summed E-state index contributed by atoms with van der Waals surface area (Å²) in [6.45, 7) is 11.0. The molecule has 0 amide bonds. The summed E-state index contributed by atoms with van der Waals surface area (Å²) in [4.78, 5) is 40.1. The number of aromatic nitrogens is 1. The Balaban J connectivity index is 2.16. The van der Waals surface area contributed by atoms with Crippen molar-refractivity contribution in [3.8, 4) is 11.5 Å². The average Bonchev–Trinajstić information content (AvgIpc) is 2.99. The smallest absolute Gasteiger partial charge is 0.338 e. The summed E-state index contributed by atoms with van der Waals surface area (Å²) in [6.07, 6.45) is -1.03. The van der Waals surface area contributed by atoms with E-state index in [2.05, 4.69) is 4.98 Å². The fourth-order valence-corrected chi connectivity index (χ4v) is 3.18. The zero-order valence-corrected chi connectivity index (χ0v) is 18.5. The van der Waals surface area contributed by atoms with Crippen LogP contribution >= 0.6 is 0 Å². The topological polar surface area (TPSA) is 94.7 Å². The van der Waals surface area contributed by atoms with E-state index >= 15 is 0 Å². The molecule has 1 heterocycles. The van der Waals surface area contributed by atoms with Gasteiger partial charge in [-0.15, -0.1) is 0 Å². The van der Waals surface area contributed by atoms with Gasteiger partial charge >= 0.3 is 5.97 Å². The highest BCUT2D eigenvalue weighted by atomic mass is 16.5. The Morgan fingerprint density at radius 3 is 2.27 bits per heavy atom. The van der Waals surface area contributed by atoms with Crippen LogP contribution in [0.15, 0.2) is 18.2 Å². The van der Waals surface area contributed by atoms with Gasteiger partial charge in [0.2, 0.25) is 5.78 Å². The molecule has 0 aliphatic heterocycles. The van der Waals surface area contributed by atoms with Gasteiger partial charge in [0.25, 0.3) is 0 Å². The number of benzene rings is 1. The van der Waals surface area contributed by atoms with Gasteiger partial charge < -0.3 is 19.2 Å². The molecule has 30 heavy (non-hydrogen) atoms. The van der Waals surface area contributed by atoms with Crippen LogP contribution in [0.4, 0.5) is 0 Å². The molecule has 2 aromatic rings. The zero-order valence-electron chi connectivity index (χ0n) is 18.5. The van der Waals surface area contributed by atoms with Crippen LogP contribution in [0.3, 0.4) is 0 Å². The van der Waals surface area contributed by atoms with Crippen molar-refractivity contribution in [3.05, 3.63) is 46.3 Å².